The van der Waals surface area contributed by atoms with Crippen molar-refractivity contribution in [3.8, 4) is 0 Å². The molecule has 2 heteroatoms. The van der Waals surface area contributed by atoms with E-state index in [2.05, 4.69) is 48.1 Å². The molecule has 2 nitrogen and oxygen atoms in total. The van der Waals surface area contributed by atoms with Crippen molar-refractivity contribution in [1.29, 1.82) is 0 Å². The molecule has 114 valence electrons. The number of unbranched alkanes of at least 4 members (excludes halogenated alkanes) is 2. The van der Waals surface area contributed by atoms with Crippen LogP contribution in [0.5, 0.6) is 0 Å². The van der Waals surface area contributed by atoms with Crippen molar-refractivity contribution in [2.75, 3.05) is 0 Å². The number of fused-ring (bicyclic) bond motifs is 3. The van der Waals surface area contributed by atoms with Crippen LogP contribution < -0.4 is 0 Å². The Kier molecular flexibility index (Phi) is 4.67. The molecule has 0 saturated heterocycles. The van der Waals surface area contributed by atoms with E-state index in [0.29, 0.717) is 0 Å². The molecule has 3 aromatic rings. The van der Waals surface area contributed by atoms with Crippen molar-refractivity contribution >= 4 is 21.8 Å². The molecule has 0 spiro atoms. The van der Waals surface area contributed by atoms with Crippen LogP contribution in [0.25, 0.3) is 21.8 Å². The molecule has 2 heterocycles. The van der Waals surface area contributed by atoms with Crippen LogP contribution in [-0.4, -0.2) is 9.97 Å². The second-order valence-electron chi connectivity index (χ2n) is 6.01. The van der Waals surface area contributed by atoms with Gasteiger partial charge in [0.05, 0.1) is 11.0 Å². The normalized spacial score (nSPS) is 11.4. The molecule has 0 atom stereocenters. The van der Waals surface area contributed by atoms with Crippen molar-refractivity contribution < 1.29 is 0 Å². The molecule has 0 unspecified atom stereocenters. The molecule has 0 saturated carbocycles. The second-order valence-corrected chi connectivity index (χ2v) is 6.01. The fourth-order valence-electron chi connectivity index (χ4n) is 3.11. The number of aromatic nitrogens is 2. The Labute approximate surface area is 132 Å². The summed E-state index contributed by atoms with van der Waals surface area (Å²) in [5.41, 5.74) is 4.91. The Morgan fingerprint density at radius 2 is 1.14 bits per heavy atom. The number of nitrogens with zero attached hydrogens (tertiary/aromatic N) is 2. The van der Waals surface area contributed by atoms with Crippen LogP contribution >= 0.6 is 0 Å². The lowest BCUT2D eigenvalue weighted by atomic mass is 9.98. The number of hydrogen-bond donors (Lipinski definition) is 0. The van der Waals surface area contributed by atoms with E-state index in [4.69, 9.17) is 0 Å². The van der Waals surface area contributed by atoms with Gasteiger partial charge in [-0.15, -0.1) is 0 Å². The van der Waals surface area contributed by atoms with Gasteiger partial charge in [0.2, 0.25) is 0 Å². The SMILES string of the molecule is CCCCc1ccnc2c1ccc1c(CCCC)ccnc12. The monoisotopic (exact) mass is 292 g/mol. The number of rotatable bonds is 6. The number of benzene rings is 1. The fraction of sp³-hybridized carbons (Fsp3) is 0.400. The minimum atomic E-state index is 1.06. The highest BCUT2D eigenvalue weighted by Crippen LogP contribution is 2.28. The highest BCUT2D eigenvalue weighted by molar-refractivity contribution is 6.04. The van der Waals surface area contributed by atoms with Crippen molar-refractivity contribution in [3.63, 3.8) is 0 Å². The summed E-state index contributed by atoms with van der Waals surface area (Å²) in [6.07, 6.45) is 11.0. The predicted molar refractivity (Wildman–Crippen MR) is 94.3 cm³/mol. The van der Waals surface area contributed by atoms with Gasteiger partial charge in [0, 0.05) is 23.2 Å². The van der Waals surface area contributed by atoms with Crippen LogP contribution in [0.15, 0.2) is 36.7 Å². The lowest BCUT2D eigenvalue weighted by molar-refractivity contribution is 0.797. The van der Waals surface area contributed by atoms with Gasteiger partial charge in [0.1, 0.15) is 0 Å². The van der Waals surface area contributed by atoms with E-state index in [1.165, 1.54) is 47.6 Å². The zero-order valence-electron chi connectivity index (χ0n) is 13.6. The first-order chi connectivity index (χ1) is 10.8. The molecule has 2 aromatic heterocycles. The Hall–Kier alpha value is -1.96. The van der Waals surface area contributed by atoms with Crippen molar-refractivity contribution in [2.24, 2.45) is 0 Å². The Morgan fingerprint density at radius 3 is 1.55 bits per heavy atom. The molecule has 0 fully saturated rings. The van der Waals surface area contributed by atoms with Crippen molar-refractivity contribution in [2.45, 2.75) is 52.4 Å². The highest BCUT2D eigenvalue weighted by atomic mass is 14.7. The second kappa shape index (κ2) is 6.87. The van der Waals surface area contributed by atoms with Crippen LogP contribution in [0, 0.1) is 0 Å². The largest absolute Gasteiger partial charge is 0.254 e. The van der Waals surface area contributed by atoms with E-state index < -0.39 is 0 Å². The predicted octanol–water partition coefficient (Wildman–Crippen LogP) is 5.47. The van der Waals surface area contributed by atoms with Gasteiger partial charge >= 0.3 is 0 Å². The number of hydrogen-bond acceptors (Lipinski definition) is 2. The lowest BCUT2D eigenvalue weighted by Gasteiger charge is -2.10. The average Bonchev–Trinajstić information content (AvgIpc) is 2.57. The molecule has 0 aliphatic heterocycles. The summed E-state index contributed by atoms with van der Waals surface area (Å²) < 4.78 is 0. The summed E-state index contributed by atoms with van der Waals surface area (Å²) in [6.45, 7) is 4.47. The fourth-order valence-corrected chi connectivity index (χ4v) is 3.11. The Bertz CT molecular complexity index is 710. The number of aryl methyl sites for hydroxylation is 2. The standard InChI is InChI=1S/C20H24N2/c1-3-5-7-15-11-13-21-19-17(15)9-10-18-16(8-6-4-2)12-14-22-20(18)19/h9-14H,3-8H2,1-2H3. The van der Waals surface area contributed by atoms with E-state index in [9.17, 15) is 0 Å². The maximum Gasteiger partial charge on any atom is 0.0967 e. The smallest absolute Gasteiger partial charge is 0.0967 e. The van der Waals surface area contributed by atoms with E-state index in [-0.39, 0.29) is 0 Å². The summed E-state index contributed by atoms with van der Waals surface area (Å²) in [6, 6.07) is 8.80. The van der Waals surface area contributed by atoms with Crippen molar-refractivity contribution in [3.05, 3.63) is 47.8 Å². The van der Waals surface area contributed by atoms with Crippen LogP contribution in [0.4, 0.5) is 0 Å². The van der Waals surface area contributed by atoms with Crippen molar-refractivity contribution in [1.82, 2.24) is 9.97 Å². The highest BCUT2D eigenvalue weighted by Gasteiger charge is 2.09. The third kappa shape index (κ3) is 2.83. The van der Waals surface area contributed by atoms with Gasteiger partial charge in [-0.05, 0) is 48.9 Å². The zero-order chi connectivity index (χ0) is 15.4. The minimum absolute atomic E-state index is 1.06. The van der Waals surface area contributed by atoms with Gasteiger partial charge in [-0.2, -0.15) is 0 Å². The first-order valence-corrected chi connectivity index (χ1v) is 8.49. The molecule has 0 radical (unpaired) electrons. The summed E-state index contributed by atoms with van der Waals surface area (Å²) >= 11 is 0. The average molecular weight is 292 g/mol. The summed E-state index contributed by atoms with van der Waals surface area (Å²) in [4.78, 5) is 9.27. The maximum atomic E-state index is 4.64. The van der Waals surface area contributed by atoms with Gasteiger partial charge < -0.3 is 0 Å². The molecule has 3 rings (SSSR count). The molecule has 22 heavy (non-hydrogen) atoms. The minimum Gasteiger partial charge on any atom is -0.254 e. The van der Waals surface area contributed by atoms with E-state index in [1.807, 2.05) is 12.4 Å². The van der Waals surface area contributed by atoms with Crippen LogP contribution in [0.1, 0.15) is 50.7 Å². The van der Waals surface area contributed by atoms with E-state index >= 15 is 0 Å². The molecule has 1 aromatic carbocycles. The maximum absolute atomic E-state index is 4.64. The van der Waals surface area contributed by atoms with Gasteiger partial charge in [0.15, 0.2) is 0 Å². The third-order valence-corrected chi connectivity index (χ3v) is 4.40. The first kappa shape index (κ1) is 15.0. The molecular weight excluding hydrogens is 268 g/mol. The van der Waals surface area contributed by atoms with E-state index in [0.717, 1.165) is 23.9 Å². The van der Waals surface area contributed by atoms with Gasteiger partial charge in [0.25, 0.3) is 0 Å². The first-order valence-electron chi connectivity index (χ1n) is 8.49. The quantitative estimate of drug-likeness (QED) is 0.563. The molecule has 0 amide bonds. The molecule has 0 N–H and O–H groups in total. The Morgan fingerprint density at radius 1 is 0.682 bits per heavy atom. The Balaban J connectivity index is 2.15. The van der Waals surface area contributed by atoms with Crippen LogP contribution in [0.3, 0.4) is 0 Å². The number of pyridine rings is 2. The lowest BCUT2D eigenvalue weighted by Crippen LogP contribution is -1.94. The summed E-state index contributed by atoms with van der Waals surface area (Å²) in [7, 11) is 0. The van der Waals surface area contributed by atoms with Gasteiger partial charge in [-0.3, -0.25) is 9.97 Å². The van der Waals surface area contributed by atoms with Crippen LogP contribution in [0.2, 0.25) is 0 Å². The molecule has 0 bridgehead atoms. The molecule has 0 aliphatic rings. The van der Waals surface area contributed by atoms with Gasteiger partial charge in [-0.1, -0.05) is 38.8 Å². The molecular formula is C20H24N2. The van der Waals surface area contributed by atoms with Crippen LogP contribution in [-0.2, 0) is 12.8 Å². The third-order valence-electron chi connectivity index (χ3n) is 4.40. The summed E-state index contributed by atoms with van der Waals surface area (Å²) in [5, 5.41) is 2.53. The topological polar surface area (TPSA) is 25.8 Å². The molecule has 0 aliphatic carbocycles. The summed E-state index contributed by atoms with van der Waals surface area (Å²) in [5.74, 6) is 0. The van der Waals surface area contributed by atoms with Gasteiger partial charge in [-0.25, -0.2) is 0 Å². The van der Waals surface area contributed by atoms with E-state index in [1.54, 1.807) is 0 Å². The zero-order valence-corrected chi connectivity index (χ0v) is 13.6.